The van der Waals surface area contributed by atoms with E-state index >= 15 is 0 Å². The van der Waals surface area contributed by atoms with Crippen molar-refractivity contribution < 1.29 is 0 Å². The van der Waals surface area contributed by atoms with Crippen LogP contribution in [-0.4, -0.2) is 0 Å². The van der Waals surface area contributed by atoms with Crippen LogP contribution < -0.4 is 5.32 Å². The molecule has 0 radical (unpaired) electrons. The van der Waals surface area contributed by atoms with Crippen LogP contribution in [0.5, 0.6) is 0 Å². The van der Waals surface area contributed by atoms with Crippen LogP contribution in [0.3, 0.4) is 0 Å². The second kappa shape index (κ2) is 15.5. The molecule has 0 unspecified atom stereocenters. The zero-order chi connectivity index (χ0) is 14.2. The minimum absolute atomic E-state index is 1.12. The lowest BCUT2D eigenvalue weighted by atomic mass is 10.3. The highest BCUT2D eigenvalue weighted by molar-refractivity contribution is 5.50. The maximum Gasteiger partial charge on any atom is 0.0384 e. The summed E-state index contributed by atoms with van der Waals surface area (Å²) in [7, 11) is 0. The van der Waals surface area contributed by atoms with Gasteiger partial charge < -0.3 is 5.32 Å². The lowest BCUT2D eigenvalue weighted by Crippen LogP contribution is -1.95. The predicted molar refractivity (Wildman–Crippen MR) is 85.9 cm³/mol. The van der Waals surface area contributed by atoms with Gasteiger partial charge >= 0.3 is 0 Å². The van der Waals surface area contributed by atoms with E-state index in [4.69, 9.17) is 0 Å². The Morgan fingerprint density at radius 3 is 1.94 bits per heavy atom. The summed E-state index contributed by atoms with van der Waals surface area (Å²) in [5.74, 6) is 0. The van der Waals surface area contributed by atoms with Gasteiger partial charge in [0.05, 0.1) is 0 Å². The average Bonchev–Trinajstić information content (AvgIpc) is 2.42. The van der Waals surface area contributed by atoms with Gasteiger partial charge in [0.25, 0.3) is 0 Å². The van der Waals surface area contributed by atoms with Crippen LogP contribution in [0.4, 0.5) is 5.69 Å². The Bertz CT molecular complexity index is 310. The lowest BCUT2D eigenvalue weighted by Gasteiger charge is -2.05. The Morgan fingerprint density at radius 2 is 1.56 bits per heavy atom. The SMILES string of the molecule is C/C=C\C(=C/C)Nc1ccccc1.CC.CCC. The van der Waals surface area contributed by atoms with E-state index in [1.54, 1.807) is 0 Å². The Kier molecular flexibility index (Phi) is 16.2. The van der Waals surface area contributed by atoms with Crippen LogP contribution in [0.15, 0.2) is 54.3 Å². The maximum atomic E-state index is 3.30. The Balaban J connectivity index is 0. The molecule has 0 saturated carbocycles. The first-order chi connectivity index (χ1) is 8.78. The molecule has 1 aromatic rings. The van der Waals surface area contributed by atoms with Crippen LogP contribution >= 0.6 is 0 Å². The Morgan fingerprint density at radius 1 is 1.06 bits per heavy atom. The van der Waals surface area contributed by atoms with E-state index < -0.39 is 0 Å². The minimum Gasteiger partial charge on any atom is -0.356 e. The lowest BCUT2D eigenvalue weighted by molar-refractivity contribution is 1.09. The van der Waals surface area contributed by atoms with Crippen molar-refractivity contribution in [2.24, 2.45) is 0 Å². The van der Waals surface area contributed by atoms with E-state index in [-0.39, 0.29) is 0 Å². The first kappa shape index (κ1) is 18.9. The standard InChI is InChI=1S/C12H15N.C3H8.C2H6/c1-3-8-11(4-2)13-12-9-6-5-7-10-12;1-3-2;1-2/h3-10,13H,1-2H3;3H2,1-2H3;1-2H3/b8-3-,11-4+;;. The van der Waals surface area contributed by atoms with Crippen LogP contribution in [0, 0.1) is 0 Å². The van der Waals surface area contributed by atoms with Crippen molar-refractivity contribution in [2.75, 3.05) is 5.32 Å². The van der Waals surface area contributed by atoms with Gasteiger partial charge in [0.2, 0.25) is 0 Å². The van der Waals surface area contributed by atoms with Gasteiger partial charge in [-0.25, -0.2) is 0 Å². The van der Waals surface area contributed by atoms with Crippen LogP contribution in [0.2, 0.25) is 0 Å². The van der Waals surface area contributed by atoms with Crippen LogP contribution in [0.1, 0.15) is 48.0 Å². The molecule has 1 heteroatoms. The summed E-state index contributed by atoms with van der Waals surface area (Å²) in [5.41, 5.74) is 2.24. The summed E-state index contributed by atoms with van der Waals surface area (Å²) in [6.45, 7) is 12.3. The van der Waals surface area contributed by atoms with E-state index in [1.807, 2.05) is 76.3 Å². The van der Waals surface area contributed by atoms with Gasteiger partial charge in [0.1, 0.15) is 0 Å². The number of para-hydroxylation sites is 1. The molecule has 0 aliphatic heterocycles. The monoisotopic (exact) mass is 247 g/mol. The van der Waals surface area contributed by atoms with Gasteiger partial charge in [0, 0.05) is 11.4 Å². The number of hydrogen-bond donors (Lipinski definition) is 1. The third kappa shape index (κ3) is 11.0. The molecule has 0 aliphatic rings. The first-order valence-electron chi connectivity index (χ1n) is 6.89. The van der Waals surface area contributed by atoms with Crippen molar-refractivity contribution >= 4 is 5.69 Å². The van der Waals surface area contributed by atoms with Crippen molar-refractivity contribution in [3.05, 3.63) is 54.3 Å². The molecule has 0 aliphatic carbocycles. The average molecular weight is 247 g/mol. The first-order valence-corrected chi connectivity index (χ1v) is 6.89. The van der Waals surface area contributed by atoms with E-state index in [2.05, 4.69) is 19.2 Å². The zero-order valence-electron chi connectivity index (χ0n) is 12.8. The number of benzene rings is 1. The summed E-state index contributed by atoms with van der Waals surface area (Å²) in [6.07, 6.45) is 7.37. The molecule has 0 aromatic heterocycles. The predicted octanol–water partition coefficient (Wildman–Crippen LogP) is 6.02. The molecular weight excluding hydrogens is 218 g/mol. The fraction of sp³-hybridized carbons (Fsp3) is 0.412. The van der Waals surface area contributed by atoms with E-state index in [0.29, 0.717) is 0 Å². The topological polar surface area (TPSA) is 12.0 Å². The van der Waals surface area contributed by atoms with E-state index in [0.717, 1.165) is 11.4 Å². The second-order valence-corrected chi connectivity index (χ2v) is 3.44. The Labute approximate surface area is 114 Å². The molecule has 102 valence electrons. The van der Waals surface area contributed by atoms with Gasteiger partial charge in [-0.05, 0) is 32.1 Å². The highest BCUT2D eigenvalue weighted by atomic mass is 14.9. The normalized spacial score (nSPS) is 10.0. The molecule has 0 atom stereocenters. The van der Waals surface area contributed by atoms with Crippen molar-refractivity contribution in [3.63, 3.8) is 0 Å². The van der Waals surface area contributed by atoms with Crippen molar-refractivity contribution in [1.29, 1.82) is 0 Å². The van der Waals surface area contributed by atoms with E-state index in [9.17, 15) is 0 Å². The summed E-state index contributed by atoms with van der Waals surface area (Å²) >= 11 is 0. The quantitative estimate of drug-likeness (QED) is 0.644. The number of nitrogens with one attached hydrogen (secondary N) is 1. The van der Waals surface area contributed by atoms with Crippen molar-refractivity contribution in [3.8, 4) is 0 Å². The molecule has 0 heterocycles. The fourth-order valence-corrected chi connectivity index (χ4v) is 1.08. The van der Waals surface area contributed by atoms with Crippen molar-refractivity contribution in [1.82, 2.24) is 0 Å². The minimum atomic E-state index is 1.12. The van der Waals surface area contributed by atoms with Crippen LogP contribution in [0.25, 0.3) is 0 Å². The summed E-state index contributed by atoms with van der Waals surface area (Å²) in [4.78, 5) is 0. The van der Waals surface area contributed by atoms with Gasteiger partial charge in [-0.15, -0.1) is 0 Å². The van der Waals surface area contributed by atoms with Gasteiger partial charge in [-0.3, -0.25) is 0 Å². The number of anilines is 1. The van der Waals surface area contributed by atoms with Crippen molar-refractivity contribution in [2.45, 2.75) is 48.0 Å². The summed E-state index contributed by atoms with van der Waals surface area (Å²) in [6, 6.07) is 10.1. The molecule has 0 spiro atoms. The highest BCUT2D eigenvalue weighted by Crippen LogP contribution is 2.09. The molecular formula is C17H29N. The zero-order valence-corrected chi connectivity index (χ0v) is 12.8. The molecule has 0 fully saturated rings. The summed E-state index contributed by atoms with van der Waals surface area (Å²) in [5, 5.41) is 3.30. The molecule has 1 rings (SSSR count). The smallest absolute Gasteiger partial charge is 0.0384 e. The molecule has 1 N–H and O–H groups in total. The number of rotatable bonds is 3. The highest BCUT2D eigenvalue weighted by Gasteiger charge is 1.90. The third-order valence-electron chi connectivity index (χ3n) is 1.72. The third-order valence-corrected chi connectivity index (χ3v) is 1.72. The maximum absolute atomic E-state index is 3.30. The molecule has 1 nitrogen and oxygen atoms in total. The summed E-state index contributed by atoms with van der Waals surface area (Å²) < 4.78 is 0. The molecule has 0 saturated heterocycles. The van der Waals surface area contributed by atoms with Gasteiger partial charge in [0.15, 0.2) is 0 Å². The fourth-order valence-electron chi connectivity index (χ4n) is 1.08. The number of allylic oxidation sites excluding steroid dienone is 3. The van der Waals surface area contributed by atoms with Crippen LogP contribution in [-0.2, 0) is 0 Å². The van der Waals surface area contributed by atoms with Gasteiger partial charge in [-0.2, -0.15) is 0 Å². The Hall–Kier alpha value is -1.50. The second-order valence-electron chi connectivity index (χ2n) is 3.44. The number of hydrogen-bond acceptors (Lipinski definition) is 1. The van der Waals surface area contributed by atoms with E-state index in [1.165, 1.54) is 6.42 Å². The molecule has 0 amide bonds. The largest absolute Gasteiger partial charge is 0.356 e. The molecule has 1 aromatic carbocycles. The van der Waals surface area contributed by atoms with Gasteiger partial charge in [-0.1, -0.05) is 64.5 Å². The molecule has 0 bridgehead atoms. The molecule has 18 heavy (non-hydrogen) atoms.